The highest BCUT2D eigenvalue weighted by Crippen LogP contribution is 2.33. The molecule has 170 valence electrons. The first-order valence-corrected chi connectivity index (χ1v) is 12.3. The molecule has 0 aliphatic carbocycles. The monoisotopic (exact) mass is 459 g/mol. The molecule has 6 nitrogen and oxygen atoms in total. The molecule has 1 atom stereocenters. The minimum Gasteiger partial charge on any atom is -0.346 e. The third kappa shape index (κ3) is 4.25. The Balaban J connectivity index is 1.35. The molecule has 2 aromatic heterocycles. The van der Waals surface area contributed by atoms with Crippen LogP contribution in [0.1, 0.15) is 36.1 Å². The number of amides is 1. The largest absolute Gasteiger partial charge is 0.346 e. The van der Waals surface area contributed by atoms with Gasteiger partial charge in [-0.3, -0.25) is 4.79 Å². The Bertz CT molecular complexity index is 1280. The van der Waals surface area contributed by atoms with Gasteiger partial charge >= 0.3 is 0 Å². The van der Waals surface area contributed by atoms with E-state index < -0.39 is 0 Å². The minimum atomic E-state index is -0.122. The summed E-state index contributed by atoms with van der Waals surface area (Å²) >= 11 is 1.70. The van der Waals surface area contributed by atoms with Crippen LogP contribution in [0, 0.1) is 13.8 Å². The number of rotatable bonds is 4. The maximum atomic E-state index is 13.2. The zero-order chi connectivity index (χ0) is 22.9. The van der Waals surface area contributed by atoms with Crippen LogP contribution in [0.3, 0.4) is 0 Å². The molecule has 1 aliphatic rings. The number of carbonyl (C=O) groups excluding carboxylic acids is 1. The smallest absolute Gasteiger partial charge is 0.229 e. The van der Waals surface area contributed by atoms with Crippen LogP contribution in [0.5, 0.6) is 0 Å². The third-order valence-corrected chi connectivity index (χ3v) is 7.59. The van der Waals surface area contributed by atoms with E-state index in [4.69, 9.17) is 10.1 Å². The van der Waals surface area contributed by atoms with Crippen LogP contribution in [0.4, 0.5) is 5.13 Å². The van der Waals surface area contributed by atoms with Gasteiger partial charge in [-0.2, -0.15) is 10.1 Å². The molecule has 0 bridgehead atoms. The molecule has 1 amide bonds. The van der Waals surface area contributed by atoms with E-state index in [1.807, 2.05) is 53.8 Å². The van der Waals surface area contributed by atoms with Gasteiger partial charge in [-0.05, 0) is 50.5 Å². The second kappa shape index (κ2) is 8.98. The molecule has 3 heterocycles. The first-order chi connectivity index (χ1) is 16.0. The number of hydrogen-bond acceptors (Lipinski definition) is 5. The molecular weight excluding hydrogens is 430 g/mol. The van der Waals surface area contributed by atoms with Gasteiger partial charge in [0, 0.05) is 26.2 Å². The Morgan fingerprint density at radius 1 is 1.00 bits per heavy atom. The zero-order valence-electron chi connectivity index (χ0n) is 19.4. The van der Waals surface area contributed by atoms with E-state index in [2.05, 4.69) is 36.1 Å². The average Bonchev–Trinajstić information content (AvgIpc) is 3.29. The van der Waals surface area contributed by atoms with Gasteiger partial charge in [-0.25, -0.2) is 4.68 Å². The average molecular weight is 460 g/mol. The summed E-state index contributed by atoms with van der Waals surface area (Å²) < 4.78 is 3.08. The Kier molecular flexibility index (Phi) is 5.89. The van der Waals surface area contributed by atoms with Crippen molar-refractivity contribution in [2.45, 2.75) is 33.1 Å². The number of aromatic nitrogens is 3. The van der Waals surface area contributed by atoms with Crippen molar-refractivity contribution in [1.29, 1.82) is 0 Å². The van der Waals surface area contributed by atoms with E-state index in [1.54, 1.807) is 11.3 Å². The SMILES string of the molecule is Cc1cccc(-n2nc(C)c3sc(N4CCCN(C(=O)[C@@H](C)c5ccccc5)CC4)nc32)c1. The molecule has 1 aliphatic heterocycles. The van der Waals surface area contributed by atoms with E-state index in [-0.39, 0.29) is 11.8 Å². The van der Waals surface area contributed by atoms with E-state index in [0.29, 0.717) is 0 Å². The highest BCUT2D eigenvalue weighted by molar-refractivity contribution is 7.22. The van der Waals surface area contributed by atoms with Crippen molar-refractivity contribution in [3.8, 4) is 5.69 Å². The van der Waals surface area contributed by atoms with Crippen molar-refractivity contribution in [3.63, 3.8) is 0 Å². The Hall–Kier alpha value is -3.19. The maximum absolute atomic E-state index is 13.2. The lowest BCUT2D eigenvalue weighted by atomic mass is 10.00. The fourth-order valence-electron chi connectivity index (χ4n) is 4.49. The number of fused-ring (bicyclic) bond motifs is 1. The van der Waals surface area contributed by atoms with Crippen molar-refractivity contribution < 1.29 is 4.79 Å². The van der Waals surface area contributed by atoms with E-state index >= 15 is 0 Å². The molecule has 1 saturated heterocycles. The molecule has 1 fully saturated rings. The maximum Gasteiger partial charge on any atom is 0.229 e. The quantitative estimate of drug-likeness (QED) is 0.434. The van der Waals surface area contributed by atoms with Crippen LogP contribution >= 0.6 is 11.3 Å². The number of anilines is 1. The van der Waals surface area contributed by atoms with Gasteiger partial charge in [0.15, 0.2) is 10.8 Å². The summed E-state index contributed by atoms with van der Waals surface area (Å²) in [5.74, 6) is 0.0847. The second-order valence-electron chi connectivity index (χ2n) is 8.78. The van der Waals surface area contributed by atoms with Gasteiger partial charge in [-0.1, -0.05) is 53.8 Å². The molecule has 0 spiro atoms. The fourth-order valence-corrected chi connectivity index (χ4v) is 5.52. The molecular formula is C26H29N5OS. The lowest BCUT2D eigenvalue weighted by Gasteiger charge is -2.25. The molecule has 7 heteroatoms. The number of carbonyl (C=O) groups is 1. The lowest BCUT2D eigenvalue weighted by Crippen LogP contribution is -2.37. The van der Waals surface area contributed by atoms with Gasteiger partial charge in [0.2, 0.25) is 5.91 Å². The Labute approximate surface area is 198 Å². The molecule has 0 saturated carbocycles. The second-order valence-corrected chi connectivity index (χ2v) is 9.76. The van der Waals surface area contributed by atoms with Gasteiger partial charge in [0.05, 0.1) is 22.0 Å². The molecule has 0 radical (unpaired) electrons. The minimum absolute atomic E-state index is 0.122. The molecule has 0 unspecified atom stereocenters. The zero-order valence-corrected chi connectivity index (χ0v) is 20.2. The number of aryl methyl sites for hydroxylation is 2. The lowest BCUT2D eigenvalue weighted by molar-refractivity contribution is -0.132. The number of thiazole rings is 1. The highest BCUT2D eigenvalue weighted by atomic mass is 32.1. The summed E-state index contributed by atoms with van der Waals surface area (Å²) in [6.45, 7) is 9.34. The van der Waals surface area contributed by atoms with Crippen molar-refractivity contribution in [3.05, 3.63) is 71.4 Å². The predicted octanol–water partition coefficient (Wildman–Crippen LogP) is 4.94. The van der Waals surface area contributed by atoms with Crippen molar-refractivity contribution >= 4 is 32.7 Å². The van der Waals surface area contributed by atoms with Crippen LogP contribution < -0.4 is 4.90 Å². The van der Waals surface area contributed by atoms with Crippen molar-refractivity contribution in [1.82, 2.24) is 19.7 Å². The van der Waals surface area contributed by atoms with E-state index in [9.17, 15) is 4.79 Å². The summed E-state index contributed by atoms with van der Waals surface area (Å²) in [6.07, 6.45) is 0.937. The molecule has 2 aromatic carbocycles. The van der Waals surface area contributed by atoms with Crippen LogP contribution in [-0.4, -0.2) is 51.8 Å². The number of benzene rings is 2. The molecule has 0 N–H and O–H groups in total. The first kappa shape index (κ1) is 21.6. The van der Waals surface area contributed by atoms with Crippen LogP contribution in [0.15, 0.2) is 54.6 Å². The molecule has 5 rings (SSSR count). The normalized spacial score (nSPS) is 15.6. The van der Waals surface area contributed by atoms with E-state index in [0.717, 1.165) is 65.0 Å². The fraction of sp³-hybridized carbons (Fsp3) is 0.346. The van der Waals surface area contributed by atoms with Crippen molar-refractivity contribution in [2.24, 2.45) is 0 Å². The van der Waals surface area contributed by atoms with Gasteiger partial charge in [-0.15, -0.1) is 0 Å². The topological polar surface area (TPSA) is 54.3 Å². The summed E-state index contributed by atoms with van der Waals surface area (Å²) in [4.78, 5) is 22.5. The molecule has 4 aromatic rings. The van der Waals surface area contributed by atoms with Crippen molar-refractivity contribution in [2.75, 3.05) is 31.1 Å². The van der Waals surface area contributed by atoms with Gasteiger partial charge in [0.25, 0.3) is 0 Å². The standard InChI is InChI=1S/C26H29N5OS/c1-18-9-7-12-22(17-18)31-24-23(20(3)28-31)33-26(27-24)30-14-8-13-29(15-16-30)25(32)19(2)21-10-5-4-6-11-21/h4-7,9-12,17,19H,8,13-16H2,1-3H3/t19-/m0/s1. The summed E-state index contributed by atoms with van der Waals surface area (Å²) in [5.41, 5.74) is 5.22. The number of nitrogens with zero attached hydrogens (tertiary/aromatic N) is 5. The Morgan fingerprint density at radius 3 is 2.61 bits per heavy atom. The number of hydrogen-bond donors (Lipinski definition) is 0. The summed E-state index contributed by atoms with van der Waals surface area (Å²) in [7, 11) is 0. The van der Waals surface area contributed by atoms with Crippen LogP contribution in [0.25, 0.3) is 16.0 Å². The predicted molar refractivity (Wildman–Crippen MR) is 134 cm³/mol. The van der Waals surface area contributed by atoms with Gasteiger partial charge in [0.1, 0.15) is 0 Å². The summed E-state index contributed by atoms with van der Waals surface area (Å²) in [6, 6.07) is 18.4. The highest BCUT2D eigenvalue weighted by Gasteiger charge is 2.26. The first-order valence-electron chi connectivity index (χ1n) is 11.5. The third-order valence-electron chi connectivity index (χ3n) is 6.37. The summed E-state index contributed by atoms with van der Waals surface area (Å²) in [5, 5.41) is 5.75. The van der Waals surface area contributed by atoms with Crippen LogP contribution in [0.2, 0.25) is 0 Å². The molecule has 33 heavy (non-hydrogen) atoms. The Morgan fingerprint density at radius 2 is 1.82 bits per heavy atom. The van der Waals surface area contributed by atoms with E-state index in [1.165, 1.54) is 5.56 Å². The van der Waals surface area contributed by atoms with Gasteiger partial charge < -0.3 is 9.80 Å². The van der Waals surface area contributed by atoms with Crippen LogP contribution in [-0.2, 0) is 4.79 Å².